The zero-order valence-electron chi connectivity index (χ0n) is 18.0. The van der Waals surface area contributed by atoms with Crippen molar-refractivity contribution in [2.24, 2.45) is 5.92 Å². The number of hydrogen-bond donors (Lipinski definition) is 4. The van der Waals surface area contributed by atoms with Gasteiger partial charge in [-0.25, -0.2) is 4.68 Å². The first-order chi connectivity index (χ1) is 16.5. The number of aromatic nitrogens is 2. The molecule has 34 heavy (non-hydrogen) atoms. The van der Waals surface area contributed by atoms with Crippen molar-refractivity contribution in [2.75, 3.05) is 5.32 Å². The van der Waals surface area contributed by atoms with E-state index in [9.17, 15) is 19.5 Å². The Morgan fingerprint density at radius 1 is 0.882 bits per heavy atom. The van der Waals surface area contributed by atoms with E-state index in [-0.39, 0.29) is 28.8 Å². The summed E-state index contributed by atoms with van der Waals surface area (Å²) in [5.41, 5.74) is 5.60. The molecule has 1 fully saturated rings. The van der Waals surface area contributed by atoms with Gasteiger partial charge in [-0.2, -0.15) is 5.10 Å². The van der Waals surface area contributed by atoms with Gasteiger partial charge in [0.15, 0.2) is 11.4 Å². The van der Waals surface area contributed by atoms with Gasteiger partial charge in [-0.15, -0.1) is 0 Å². The second-order valence-electron chi connectivity index (χ2n) is 8.06. The van der Waals surface area contributed by atoms with Crippen molar-refractivity contribution < 1.29 is 19.5 Å². The van der Waals surface area contributed by atoms with Crippen LogP contribution in [0.25, 0.3) is 16.5 Å². The molecule has 0 aliphatic heterocycles. The quantitative estimate of drug-likeness (QED) is 0.344. The highest BCUT2D eigenvalue weighted by Crippen LogP contribution is 2.32. The lowest BCUT2D eigenvalue weighted by molar-refractivity contribution is -0.117. The average molecular weight is 455 g/mol. The van der Waals surface area contributed by atoms with Crippen molar-refractivity contribution in [2.45, 2.75) is 12.8 Å². The van der Waals surface area contributed by atoms with Crippen molar-refractivity contribution in [1.82, 2.24) is 20.6 Å². The summed E-state index contributed by atoms with van der Waals surface area (Å²) < 4.78 is 1.36. The zero-order valence-corrected chi connectivity index (χ0v) is 18.0. The van der Waals surface area contributed by atoms with Crippen molar-refractivity contribution in [3.63, 3.8) is 0 Å². The molecule has 9 nitrogen and oxygen atoms in total. The summed E-state index contributed by atoms with van der Waals surface area (Å²) >= 11 is 0. The van der Waals surface area contributed by atoms with Gasteiger partial charge in [0.1, 0.15) is 0 Å². The number of nitrogens with one attached hydrogen (secondary N) is 3. The molecule has 4 N–H and O–H groups in total. The number of aromatic hydroxyl groups is 1. The normalized spacial score (nSPS) is 12.8. The number of amides is 3. The average Bonchev–Trinajstić information content (AvgIpc) is 3.64. The molecule has 0 atom stereocenters. The number of nitrogens with zero attached hydrogens (tertiary/aromatic N) is 2. The third-order valence-electron chi connectivity index (χ3n) is 5.56. The highest BCUT2D eigenvalue weighted by atomic mass is 16.3. The van der Waals surface area contributed by atoms with E-state index in [4.69, 9.17) is 0 Å². The zero-order chi connectivity index (χ0) is 23.7. The molecule has 0 unspecified atom stereocenters. The van der Waals surface area contributed by atoms with Crippen LogP contribution < -0.4 is 16.2 Å². The number of para-hydroxylation sites is 1. The number of carbonyl (C=O) groups excluding carboxylic acids is 3. The molecule has 3 aromatic carbocycles. The topological polar surface area (TPSA) is 125 Å². The maximum absolute atomic E-state index is 13.0. The molecule has 1 aliphatic rings. The molecule has 9 heteroatoms. The number of carbonyl (C=O) groups is 3. The van der Waals surface area contributed by atoms with Crippen molar-refractivity contribution in [3.8, 4) is 11.4 Å². The van der Waals surface area contributed by atoms with Crippen LogP contribution in [0.3, 0.4) is 0 Å². The molecule has 5 rings (SSSR count). The fraction of sp³-hybridized carbons (Fsp3) is 0.120. The molecule has 1 heterocycles. The van der Waals surface area contributed by atoms with E-state index >= 15 is 0 Å². The lowest BCUT2D eigenvalue weighted by atomic mass is 10.0. The van der Waals surface area contributed by atoms with Gasteiger partial charge < -0.3 is 10.4 Å². The standard InChI is InChI=1S/C25H21N5O4/c31-21-14-30(18-8-2-1-3-9-18)29-22(21)25(34)28-27-24(33)19-12-16-6-4-5-7-17(16)13-20(19)26-23(32)15-10-11-15/h1-9,12-15,31H,10-11H2,(H,26,32)(H,27,33)(H,28,34). The van der Waals surface area contributed by atoms with E-state index in [1.807, 2.05) is 30.3 Å². The lowest BCUT2D eigenvalue weighted by Crippen LogP contribution is -2.42. The molecule has 1 aliphatic carbocycles. The minimum atomic E-state index is -0.787. The summed E-state index contributed by atoms with van der Waals surface area (Å²) in [7, 11) is 0. The molecule has 4 aromatic rings. The maximum Gasteiger partial charge on any atom is 0.294 e. The summed E-state index contributed by atoms with van der Waals surface area (Å²) in [6, 6.07) is 19.8. The van der Waals surface area contributed by atoms with Gasteiger partial charge in [0, 0.05) is 5.92 Å². The Kier molecular flexibility index (Phi) is 5.43. The second-order valence-corrected chi connectivity index (χ2v) is 8.06. The van der Waals surface area contributed by atoms with Crippen LogP contribution in [0.15, 0.2) is 72.9 Å². The molecule has 0 radical (unpaired) electrons. The number of anilines is 1. The van der Waals surface area contributed by atoms with Crippen LogP contribution in [-0.4, -0.2) is 32.6 Å². The summed E-state index contributed by atoms with van der Waals surface area (Å²) in [6.07, 6.45) is 2.97. The van der Waals surface area contributed by atoms with Crippen LogP contribution in [0.5, 0.6) is 5.75 Å². The van der Waals surface area contributed by atoms with Gasteiger partial charge in [0.2, 0.25) is 5.91 Å². The molecule has 0 saturated heterocycles. The van der Waals surface area contributed by atoms with Gasteiger partial charge in [-0.3, -0.25) is 25.2 Å². The van der Waals surface area contributed by atoms with Crippen molar-refractivity contribution in [3.05, 3.63) is 84.2 Å². The van der Waals surface area contributed by atoms with Crippen molar-refractivity contribution >= 4 is 34.2 Å². The van der Waals surface area contributed by atoms with Crippen molar-refractivity contribution in [1.29, 1.82) is 0 Å². The van der Waals surface area contributed by atoms with Gasteiger partial charge in [0.05, 0.1) is 23.1 Å². The summed E-state index contributed by atoms with van der Waals surface area (Å²) in [5.74, 6) is -1.91. The lowest BCUT2D eigenvalue weighted by Gasteiger charge is -2.13. The van der Waals surface area contributed by atoms with E-state index in [2.05, 4.69) is 21.3 Å². The Hall–Kier alpha value is -4.66. The first kappa shape index (κ1) is 21.2. The highest BCUT2D eigenvalue weighted by Gasteiger charge is 2.30. The van der Waals surface area contributed by atoms with Gasteiger partial charge in [0.25, 0.3) is 11.8 Å². The molecule has 170 valence electrons. The fourth-order valence-electron chi connectivity index (χ4n) is 3.59. The Morgan fingerprint density at radius 2 is 1.53 bits per heavy atom. The Labute approximate surface area is 194 Å². The minimum Gasteiger partial charge on any atom is -0.504 e. The third kappa shape index (κ3) is 4.31. The number of benzene rings is 3. The predicted molar refractivity (Wildman–Crippen MR) is 125 cm³/mol. The van der Waals surface area contributed by atoms with Crippen LogP contribution in [0.4, 0.5) is 5.69 Å². The number of fused-ring (bicyclic) bond motifs is 1. The number of rotatable bonds is 5. The van der Waals surface area contributed by atoms with Gasteiger partial charge in [-0.1, -0.05) is 42.5 Å². The summed E-state index contributed by atoms with van der Waals surface area (Å²) in [6.45, 7) is 0. The maximum atomic E-state index is 13.0. The Morgan fingerprint density at radius 3 is 2.24 bits per heavy atom. The SMILES string of the molecule is O=C(NNC(=O)c1nn(-c2ccccc2)cc1O)c1cc2ccccc2cc1NC(=O)C1CC1. The molecule has 1 aromatic heterocycles. The predicted octanol–water partition coefficient (Wildman–Crippen LogP) is 3.15. The van der Waals surface area contributed by atoms with Crippen LogP contribution in [0, 0.1) is 5.92 Å². The van der Waals surface area contributed by atoms with E-state index in [1.165, 1.54) is 10.9 Å². The molecular formula is C25H21N5O4. The molecule has 1 saturated carbocycles. The van der Waals surface area contributed by atoms with Crippen LogP contribution in [-0.2, 0) is 4.79 Å². The first-order valence-corrected chi connectivity index (χ1v) is 10.8. The Bertz CT molecular complexity index is 1410. The van der Waals surface area contributed by atoms with Crippen LogP contribution in [0.2, 0.25) is 0 Å². The van der Waals surface area contributed by atoms with E-state index in [0.29, 0.717) is 11.4 Å². The van der Waals surface area contributed by atoms with E-state index in [1.54, 1.807) is 36.4 Å². The third-order valence-corrected chi connectivity index (χ3v) is 5.56. The van der Waals surface area contributed by atoms with Gasteiger partial charge in [-0.05, 0) is 47.9 Å². The van der Waals surface area contributed by atoms with E-state index < -0.39 is 11.8 Å². The summed E-state index contributed by atoms with van der Waals surface area (Å²) in [4.78, 5) is 37.9. The van der Waals surface area contributed by atoms with Crippen LogP contribution in [0.1, 0.15) is 33.7 Å². The highest BCUT2D eigenvalue weighted by molar-refractivity contribution is 6.09. The van der Waals surface area contributed by atoms with Gasteiger partial charge >= 0.3 is 0 Å². The largest absolute Gasteiger partial charge is 0.504 e. The van der Waals surface area contributed by atoms with Crippen LogP contribution >= 0.6 is 0 Å². The molecular weight excluding hydrogens is 434 g/mol. The molecule has 0 bridgehead atoms. The summed E-state index contributed by atoms with van der Waals surface area (Å²) in [5, 5.41) is 18.8. The number of hydrogen-bond acceptors (Lipinski definition) is 5. The first-order valence-electron chi connectivity index (χ1n) is 10.8. The second kappa shape index (κ2) is 8.70. The number of hydrazine groups is 1. The Balaban J connectivity index is 1.35. The molecule has 3 amide bonds. The molecule has 0 spiro atoms. The monoisotopic (exact) mass is 455 g/mol. The fourth-order valence-corrected chi connectivity index (χ4v) is 3.59. The van der Waals surface area contributed by atoms with E-state index in [0.717, 1.165) is 23.6 Å². The minimum absolute atomic E-state index is 0.0372. The smallest absolute Gasteiger partial charge is 0.294 e.